The Hall–Kier alpha value is -2.33. The van der Waals surface area contributed by atoms with Crippen molar-refractivity contribution in [2.45, 2.75) is 20.3 Å². The molecule has 4 nitrogen and oxygen atoms in total. The zero-order valence-electron chi connectivity index (χ0n) is 14.3. The quantitative estimate of drug-likeness (QED) is 0.869. The van der Waals surface area contributed by atoms with Gasteiger partial charge >= 0.3 is 0 Å². The van der Waals surface area contributed by atoms with Gasteiger partial charge in [0.05, 0.1) is 11.8 Å². The van der Waals surface area contributed by atoms with E-state index in [0.717, 1.165) is 11.3 Å². The van der Waals surface area contributed by atoms with E-state index in [4.69, 9.17) is 11.6 Å². The molecule has 25 heavy (non-hydrogen) atoms. The molecule has 5 heteroatoms. The average molecular weight is 357 g/mol. The molecule has 2 amide bonds. The second-order valence-electron chi connectivity index (χ2n) is 6.37. The van der Waals surface area contributed by atoms with E-state index in [1.54, 1.807) is 29.2 Å². The lowest BCUT2D eigenvalue weighted by Gasteiger charge is -2.21. The van der Waals surface area contributed by atoms with Crippen molar-refractivity contribution in [3.8, 4) is 0 Å². The van der Waals surface area contributed by atoms with Crippen LogP contribution in [-0.2, 0) is 9.59 Å². The Morgan fingerprint density at radius 3 is 2.60 bits per heavy atom. The number of amides is 2. The highest BCUT2D eigenvalue weighted by atomic mass is 35.5. The predicted octanol–water partition coefficient (Wildman–Crippen LogP) is 4.28. The van der Waals surface area contributed by atoms with Crippen LogP contribution in [0.5, 0.6) is 0 Å². The molecule has 2 aromatic carbocycles. The Morgan fingerprint density at radius 2 is 1.92 bits per heavy atom. The van der Waals surface area contributed by atoms with Crippen LogP contribution in [0.3, 0.4) is 0 Å². The van der Waals surface area contributed by atoms with E-state index in [1.807, 2.05) is 38.1 Å². The Bertz CT molecular complexity index is 806. The number of nitrogens with zero attached hydrogens (tertiary/aromatic N) is 1. The fourth-order valence-electron chi connectivity index (χ4n) is 3.02. The molecule has 130 valence electrons. The van der Waals surface area contributed by atoms with Crippen molar-refractivity contribution in [3.63, 3.8) is 0 Å². The van der Waals surface area contributed by atoms with Gasteiger partial charge in [-0.2, -0.15) is 0 Å². The first-order valence-corrected chi connectivity index (χ1v) is 8.82. The molecule has 2 aromatic rings. The van der Waals surface area contributed by atoms with Gasteiger partial charge in [-0.25, -0.2) is 0 Å². The average Bonchev–Trinajstić information content (AvgIpc) is 3.36. The maximum Gasteiger partial charge on any atom is 0.230 e. The SMILES string of the molecule is CCN(C(=O)C1CC1C(=O)Nc1cccc(Cl)c1)c1cccc(C)c1. The molecule has 0 radical (unpaired) electrons. The van der Waals surface area contributed by atoms with Crippen molar-refractivity contribution in [1.29, 1.82) is 0 Å². The normalized spacial score (nSPS) is 18.5. The number of benzene rings is 2. The Balaban J connectivity index is 1.65. The molecular weight excluding hydrogens is 336 g/mol. The number of hydrogen-bond donors (Lipinski definition) is 1. The summed E-state index contributed by atoms with van der Waals surface area (Å²) in [6, 6.07) is 14.9. The van der Waals surface area contributed by atoms with E-state index in [2.05, 4.69) is 5.32 Å². The van der Waals surface area contributed by atoms with Gasteiger partial charge in [0.15, 0.2) is 0 Å². The number of carbonyl (C=O) groups is 2. The minimum atomic E-state index is -0.273. The maximum atomic E-state index is 12.8. The molecule has 3 rings (SSSR count). The molecule has 0 aromatic heterocycles. The summed E-state index contributed by atoms with van der Waals surface area (Å²) in [6.07, 6.45) is 0.591. The van der Waals surface area contributed by atoms with Crippen LogP contribution >= 0.6 is 11.6 Å². The highest BCUT2D eigenvalue weighted by Crippen LogP contribution is 2.41. The van der Waals surface area contributed by atoms with E-state index in [-0.39, 0.29) is 23.7 Å². The van der Waals surface area contributed by atoms with Gasteiger partial charge in [0.25, 0.3) is 0 Å². The molecule has 2 unspecified atom stereocenters. The summed E-state index contributed by atoms with van der Waals surface area (Å²) >= 11 is 5.93. The maximum absolute atomic E-state index is 12.8. The monoisotopic (exact) mass is 356 g/mol. The van der Waals surface area contributed by atoms with Crippen molar-refractivity contribution in [3.05, 3.63) is 59.1 Å². The van der Waals surface area contributed by atoms with Crippen LogP contribution in [0.25, 0.3) is 0 Å². The molecular formula is C20H21ClN2O2. The summed E-state index contributed by atoms with van der Waals surface area (Å²) in [6.45, 7) is 4.53. The van der Waals surface area contributed by atoms with Gasteiger partial charge in [-0.3, -0.25) is 9.59 Å². The Kier molecular flexibility index (Phi) is 5.09. The smallest absolute Gasteiger partial charge is 0.230 e. The van der Waals surface area contributed by atoms with E-state index < -0.39 is 0 Å². The van der Waals surface area contributed by atoms with Crippen molar-refractivity contribution in [2.24, 2.45) is 11.8 Å². The first kappa shape index (κ1) is 17.5. The number of halogens is 1. The fraction of sp³-hybridized carbons (Fsp3) is 0.300. The number of rotatable bonds is 5. The van der Waals surface area contributed by atoms with Crippen LogP contribution in [0.15, 0.2) is 48.5 Å². The Morgan fingerprint density at radius 1 is 1.16 bits per heavy atom. The van der Waals surface area contributed by atoms with Crippen molar-refractivity contribution in [2.75, 3.05) is 16.8 Å². The van der Waals surface area contributed by atoms with Crippen molar-refractivity contribution in [1.82, 2.24) is 0 Å². The molecule has 1 aliphatic rings. The topological polar surface area (TPSA) is 49.4 Å². The molecule has 2 atom stereocenters. The summed E-state index contributed by atoms with van der Waals surface area (Å²) in [4.78, 5) is 26.9. The molecule has 1 saturated carbocycles. The van der Waals surface area contributed by atoms with Gasteiger partial charge in [0, 0.05) is 22.9 Å². The number of hydrogen-bond acceptors (Lipinski definition) is 2. The largest absolute Gasteiger partial charge is 0.326 e. The minimum Gasteiger partial charge on any atom is -0.326 e. The summed E-state index contributed by atoms with van der Waals surface area (Å²) in [5.41, 5.74) is 2.64. The third-order valence-electron chi connectivity index (χ3n) is 4.43. The molecule has 0 saturated heterocycles. The van der Waals surface area contributed by atoms with Gasteiger partial charge in [0.1, 0.15) is 0 Å². The first-order chi connectivity index (χ1) is 12.0. The summed E-state index contributed by atoms with van der Waals surface area (Å²) in [5, 5.41) is 3.41. The predicted molar refractivity (Wildman–Crippen MR) is 101 cm³/mol. The second kappa shape index (κ2) is 7.28. The standard InChI is InChI=1S/C20H21ClN2O2/c1-3-23(16-9-4-6-13(2)10-16)20(25)18-12-17(18)19(24)22-15-8-5-7-14(21)11-15/h4-11,17-18H,3,12H2,1-2H3,(H,22,24). The summed E-state index contributed by atoms with van der Waals surface area (Å²) in [5.74, 6) is -0.634. The number of nitrogens with one attached hydrogen (secondary N) is 1. The molecule has 0 aliphatic heterocycles. The van der Waals surface area contributed by atoms with E-state index >= 15 is 0 Å². The Labute approximate surface area is 152 Å². The van der Waals surface area contributed by atoms with Crippen molar-refractivity contribution < 1.29 is 9.59 Å². The summed E-state index contributed by atoms with van der Waals surface area (Å²) < 4.78 is 0. The molecule has 0 bridgehead atoms. The van der Waals surface area contributed by atoms with Crippen LogP contribution in [0.4, 0.5) is 11.4 Å². The number of aryl methyl sites for hydroxylation is 1. The van der Waals surface area contributed by atoms with Crippen LogP contribution in [-0.4, -0.2) is 18.4 Å². The third kappa shape index (κ3) is 4.02. The van der Waals surface area contributed by atoms with Crippen LogP contribution in [0.1, 0.15) is 18.9 Å². The third-order valence-corrected chi connectivity index (χ3v) is 4.67. The van der Waals surface area contributed by atoms with Crippen LogP contribution in [0, 0.1) is 18.8 Å². The molecule has 1 N–H and O–H groups in total. The van der Waals surface area contributed by atoms with Gasteiger partial charge < -0.3 is 10.2 Å². The van der Waals surface area contributed by atoms with Gasteiger partial charge in [-0.15, -0.1) is 0 Å². The van der Waals surface area contributed by atoms with Crippen LogP contribution < -0.4 is 10.2 Å². The minimum absolute atomic E-state index is 0.0133. The van der Waals surface area contributed by atoms with E-state index in [1.165, 1.54) is 0 Å². The second-order valence-corrected chi connectivity index (χ2v) is 6.81. The lowest BCUT2D eigenvalue weighted by molar-refractivity contribution is -0.123. The fourth-order valence-corrected chi connectivity index (χ4v) is 3.21. The van der Waals surface area contributed by atoms with Crippen LogP contribution in [0.2, 0.25) is 5.02 Å². The first-order valence-electron chi connectivity index (χ1n) is 8.44. The highest BCUT2D eigenvalue weighted by Gasteiger charge is 2.49. The van der Waals surface area contributed by atoms with E-state index in [0.29, 0.717) is 23.7 Å². The zero-order chi connectivity index (χ0) is 18.0. The summed E-state index contributed by atoms with van der Waals surface area (Å²) in [7, 11) is 0. The lowest BCUT2D eigenvalue weighted by Crippen LogP contribution is -2.33. The number of carbonyl (C=O) groups excluding carboxylic acids is 2. The molecule has 1 aliphatic carbocycles. The highest BCUT2D eigenvalue weighted by molar-refractivity contribution is 6.30. The van der Waals surface area contributed by atoms with Crippen molar-refractivity contribution >= 4 is 34.8 Å². The van der Waals surface area contributed by atoms with Gasteiger partial charge in [-0.05, 0) is 56.2 Å². The zero-order valence-corrected chi connectivity index (χ0v) is 15.1. The van der Waals surface area contributed by atoms with Gasteiger partial charge in [0.2, 0.25) is 11.8 Å². The molecule has 0 spiro atoms. The van der Waals surface area contributed by atoms with Gasteiger partial charge in [-0.1, -0.05) is 29.8 Å². The number of anilines is 2. The molecule has 1 fully saturated rings. The lowest BCUT2D eigenvalue weighted by atomic mass is 10.2. The molecule has 0 heterocycles. The van der Waals surface area contributed by atoms with E-state index in [9.17, 15) is 9.59 Å².